The Morgan fingerprint density at radius 3 is 2.29 bits per heavy atom. The summed E-state index contributed by atoms with van der Waals surface area (Å²) in [6.45, 7) is 13.9. The third-order valence-electron chi connectivity index (χ3n) is 6.00. The molecule has 1 fully saturated rings. The van der Waals surface area contributed by atoms with Gasteiger partial charge < -0.3 is 10.5 Å². The predicted octanol–water partition coefficient (Wildman–Crippen LogP) is 3.67. The van der Waals surface area contributed by atoms with Gasteiger partial charge in [-0.3, -0.25) is 4.90 Å². The van der Waals surface area contributed by atoms with E-state index in [1.807, 2.05) is 0 Å². The first-order chi connectivity index (χ1) is 9.77. The minimum absolute atomic E-state index is 0.195. The summed E-state index contributed by atoms with van der Waals surface area (Å²) in [5.41, 5.74) is 6.84. The molecule has 0 atom stereocenters. The van der Waals surface area contributed by atoms with E-state index >= 15 is 0 Å². The van der Waals surface area contributed by atoms with E-state index in [4.69, 9.17) is 10.5 Å². The Labute approximate surface area is 132 Å². The van der Waals surface area contributed by atoms with Crippen LogP contribution in [0.3, 0.4) is 0 Å². The second kappa shape index (κ2) is 7.94. The summed E-state index contributed by atoms with van der Waals surface area (Å²) in [6, 6.07) is 0. The summed E-state index contributed by atoms with van der Waals surface area (Å²) < 4.78 is 5.70. The number of nitrogens with two attached hydrogens (primary N) is 1. The quantitative estimate of drug-likeness (QED) is 0.743. The van der Waals surface area contributed by atoms with Gasteiger partial charge in [0.1, 0.15) is 0 Å². The molecular formula is C18H38N2O. The first-order valence-electron chi connectivity index (χ1n) is 8.80. The van der Waals surface area contributed by atoms with Crippen molar-refractivity contribution >= 4 is 0 Å². The van der Waals surface area contributed by atoms with Crippen LogP contribution in [-0.2, 0) is 4.74 Å². The molecule has 1 aliphatic carbocycles. The summed E-state index contributed by atoms with van der Waals surface area (Å²) in [4.78, 5) is 2.46. The molecule has 0 unspecified atom stereocenters. The summed E-state index contributed by atoms with van der Waals surface area (Å²) >= 11 is 0. The third-order valence-corrected chi connectivity index (χ3v) is 6.00. The van der Waals surface area contributed by atoms with Gasteiger partial charge in [0.2, 0.25) is 0 Å². The molecule has 0 aromatic heterocycles. The van der Waals surface area contributed by atoms with Gasteiger partial charge in [0, 0.05) is 18.6 Å². The van der Waals surface area contributed by atoms with E-state index in [1.165, 1.54) is 32.1 Å². The fraction of sp³-hybridized carbons (Fsp3) is 1.00. The van der Waals surface area contributed by atoms with Gasteiger partial charge in [0.15, 0.2) is 0 Å². The average Bonchev–Trinajstić information content (AvgIpc) is 2.46. The van der Waals surface area contributed by atoms with Gasteiger partial charge in [-0.2, -0.15) is 0 Å². The number of ether oxygens (including phenoxy) is 1. The highest BCUT2D eigenvalue weighted by Gasteiger charge is 2.41. The maximum absolute atomic E-state index is 6.18. The van der Waals surface area contributed by atoms with Crippen molar-refractivity contribution < 1.29 is 4.74 Å². The van der Waals surface area contributed by atoms with E-state index in [1.54, 1.807) is 0 Å². The Hall–Kier alpha value is -0.120. The Kier molecular flexibility index (Phi) is 7.15. The summed E-state index contributed by atoms with van der Waals surface area (Å²) in [5, 5.41) is 0. The molecule has 126 valence electrons. The molecule has 1 rings (SSSR count). The molecule has 0 aliphatic heterocycles. The van der Waals surface area contributed by atoms with Crippen LogP contribution in [0.5, 0.6) is 0 Å². The van der Waals surface area contributed by atoms with E-state index in [9.17, 15) is 0 Å². The second-order valence-corrected chi connectivity index (χ2v) is 7.89. The maximum atomic E-state index is 6.18. The number of nitrogens with zero attached hydrogens (tertiary/aromatic N) is 1. The Morgan fingerprint density at radius 2 is 1.86 bits per heavy atom. The third kappa shape index (κ3) is 4.94. The summed E-state index contributed by atoms with van der Waals surface area (Å²) in [5.74, 6) is 0.850. The monoisotopic (exact) mass is 298 g/mol. The molecule has 0 heterocycles. The van der Waals surface area contributed by atoms with Gasteiger partial charge in [-0.05, 0) is 57.9 Å². The van der Waals surface area contributed by atoms with E-state index in [2.05, 4.69) is 46.6 Å². The topological polar surface area (TPSA) is 38.5 Å². The largest absolute Gasteiger partial charge is 0.377 e. The van der Waals surface area contributed by atoms with Crippen molar-refractivity contribution in [1.29, 1.82) is 0 Å². The van der Waals surface area contributed by atoms with Crippen LogP contribution in [0.1, 0.15) is 66.7 Å². The molecule has 3 nitrogen and oxygen atoms in total. The van der Waals surface area contributed by atoms with E-state index in [0.717, 1.165) is 25.6 Å². The Balaban J connectivity index is 2.55. The van der Waals surface area contributed by atoms with Crippen LogP contribution in [0.4, 0.5) is 0 Å². The van der Waals surface area contributed by atoms with E-state index in [-0.39, 0.29) is 5.54 Å². The molecule has 0 bridgehead atoms. The lowest BCUT2D eigenvalue weighted by Gasteiger charge is -2.49. The molecule has 2 N–H and O–H groups in total. The van der Waals surface area contributed by atoms with Crippen LogP contribution in [0.15, 0.2) is 0 Å². The van der Waals surface area contributed by atoms with Crippen LogP contribution in [-0.4, -0.2) is 43.3 Å². The summed E-state index contributed by atoms with van der Waals surface area (Å²) in [7, 11) is 2.22. The molecule has 0 aromatic carbocycles. The highest BCUT2D eigenvalue weighted by atomic mass is 16.5. The highest BCUT2D eigenvalue weighted by Crippen LogP contribution is 2.44. The Bertz CT molecular complexity index is 294. The van der Waals surface area contributed by atoms with Gasteiger partial charge in [0.05, 0.1) is 12.7 Å². The second-order valence-electron chi connectivity index (χ2n) is 7.89. The molecule has 1 saturated carbocycles. The van der Waals surface area contributed by atoms with Crippen molar-refractivity contribution in [2.24, 2.45) is 17.1 Å². The van der Waals surface area contributed by atoms with Crippen LogP contribution < -0.4 is 5.73 Å². The zero-order chi connectivity index (χ0) is 16.1. The smallest absolute Gasteiger partial charge is 0.0597 e. The summed E-state index contributed by atoms with van der Waals surface area (Å²) in [6.07, 6.45) is 6.67. The van der Waals surface area contributed by atoms with Gasteiger partial charge in [-0.15, -0.1) is 0 Å². The van der Waals surface area contributed by atoms with Crippen molar-refractivity contribution in [3.63, 3.8) is 0 Å². The maximum Gasteiger partial charge on any atom is 0.0597 e. The number of rotatable bonds is 8. The van der Waals surface area contributed by atoms with Crippen LogP contribution in [0, 0.1) is 11.3 Å². The molecule has 0 saturated heterocycles. The molecule has 0 aromatic rings. The zero-order valence-corrected chi connectivity index (χ0v) is 15.2. The van der Waals surface area contributed by atoms with Crippen molar-refractivity contribution in [2.75, 3.05) is 26.7 Å². The van der Waals surface area contributed by atoms with Crippen LogP contribution in [0.2, 0.25) is 0 Å². The van der Waals surface area contributed by atoms with Gasteiger partial charge >= 0.3 is 0 Å². The molecule has 0 spiro atoms. The van der Waals surface area contributed by atoms with Crippen molar-refractivity contribution in [1.82, 2.24) is 4.90 Å². The van der Waals surface area contributed by atoms with Gasteiger partial charge in [0.25, 0.3) is 0 Å². The molecule has 3 heteroatoms. The molecule has 0 amide bonds. The minimum atomic E-state index is 0.195. The molecule has 21 heavy (non-hydrogen) atoms. The highest BCUT2D eigenvalue weighted by molar-refractivity contribution is 4.97. The van der Waals surface area contributed by atoms with Crippen molar-refractivity contribution in [3.05, 3.63) is 0 Å². The van der Waals surface area contributed by atoms with Crippen molar-refractivity contribution in [3.8, 4) is 0 Å². The first-order valence-corrected chi connectivity index (χ1v) is 8.80. The van der Waals surface area contributed by atoms with Gasteiger partial charge in [-0.1, -0.05) is 27.2 Å². The fourth-order valence-corrected chi connectivity index (χ4v) is 3.63. The lowest BCUT2D eigenvalue weighted by molar-refractivity contribution is 0.00204. The van der Waals surface area contributed by atoms with Crippen molar-refractivity contribution in [2.45, 2.75) is 78.4 Å². The zero-order valence-electron chi connectivity index (χ0n) is 15.2. The van der Waals surface area contributed by atoms with Gasteiger partial charge in [-0.25, -0.2) is 0 Å². The van der Waals surface area contributed by atoms with E-state index < -0.39 is 0 Å². The fourth-order valence-electron chi connectivity index (χ4n) is 3.63. The average molecular weight is 299 g/mol. The Morgan fingerprint density at radius 1 is 1.29 bits per heavy atom. The predicted molar refractivity (Wildman–Crippen MR) is 91.5 cm³/mol. The molecule has 0 radical (unpaired) electrons. The lowest BCUT2D eigenvalue weighted by atomic mass is 9.65. The normalized spacial score (nSPS) is 27.6. The standard InChI is InChI=1S/C18H38N2O/c1-7-17(4,5)16-8-10-18(14-19,11-9-16)20(6)12-13-21-15(2)3/h15-16H,7-14,19H2,1-6H3. The molecule has 1 aliphatic rings. The first kappa shape index (κ1) is 18.9. The number of hydrogen-bond donors (Lipinski definition) is 1. The number of hydrogen-bond acceptors (Lipinski definition) is 3. The number of likely N-dealkylation sites (N-methyl/N-ethyl adjacent to an activating group) is 1. The van der Waals surface area contributed by atoms with Crippen LogP contribution in [0.25, 0.3) is 0 Å². The van der Waals surface area contributed by atoms with Crippen LogP contribution >= 0.6 is 0 Å². The SMILES string of the molecule is CCC(C)(C)C1CCC(CN)(N(C)CCOC(C)C)CC1. The van der Waals surface area contributed by atoms with E-state index in [0.29, 0.717) is 11.5 Å². The molecular weight excluding hydrogens is 260 g/mol. The lowest BCUT2D eigenvalue weighted by Crippen LogP contribution is -2.55. The minimum Gasteiger partial charge on any atom is -0.377 e.